The second-order valence-electron chi connectivity index (χ2n) is 3.88. The minimum absolute atomic E-state index is 0.235. The number of halogens is 1. The highest BCUT2D eigenvalue weighted by atomic mass is 19.1. The van der Waals surface area contributed by atoms with Crippen LogP contribution < -0.4 is 10.5 Å². The Morgan fingerprint density at radius 2 is 2.22 bits per heavy atom. The molecule has 0 amide bonds. The minimum Gasteiger partial charge on any atom is -0.487 e. The van der Waals surface area contributed by atoms with Gasteiger partial charge in [0, 0.05) is 0 Å². The summed E-state index contributed by atoms with van der Waals surface area (Å²) in [4.78, 5) is 0. The van der Waals surface area contributed by atoms with Crippen molar-refractivity contribution in [2.45, 2.75) is 20.0 Å². The number of aryl methyl sites for hydroxylation is 1. The fraction of sp³-hybridized carbons (Fsp3) is 0.333. The Morgan fingerprint density at radius 1 is 1.39 bits per heavy atom. The van der Waals surface area contributed by atoms with Crippen LogP contribution in [0.4, 0.5) is 4.39 Å². The molecular formula is C12H14FN3O2. The molecule has 1 heterocycles. The molecule has 1 aromatic heterocycles. The van der Waals surface area contributed by atoms with Crippen molar-refractivity contribution >= 4 is 0 Å². The van der Waals surface area contributed by atoms with Crippen LogP contribution in [0.1, 0.15) is 17.0 Å². The number of hydrogen-bond donors (Lipinski definition) is 1. The molecule has 0 aliphatic heterocycles. The summed E-state index contributed by atoms with van der Waals surface area (Å²) in [7, 11) is 0. The lowest BCUT2D eigenvalue weighted by Crippen LogP contribution is -2.06. The lowest BCUT2D eigenvalue weighted by molar-refractivity contribution is 0.268. The van der Waals surface area contributed by atoms with Crippen LogP contribution in [0.25, 0.3) is 0 Å². The smallest absolute Gasteiger partial charge is 0.145 e. The number of benzene rings is 1. The van der Waals surface area contributed by atoms with Gasteiger partial charge in [0.1, 0.15) is 29.6 Å². The predicted octanol–water partition coefficient (Wildman–Crippen LogP) is 1.60. The molecule has 0 spiro atoms. The normalized spacial score (nSPS) is 10.6. The van der Waals surface area contributed by atoms with E-state index in [2.05, 4.69) is 14.9 Å². The molecule has 1 aromatic carbocycles. The van der Waals surface area contributed by atoms with Crippen molar-refractivity contribution in [2.75, 3.05) is 6.54 Å². The van der Waals surface area contributed by atoms with Gasteiger partial charge in [0.15, 0.2) is 0 Å². The number of aromatic nitrogens is 2. The molecule has 0 atom stereocenters. The highest BCUT2D eigenvalue weighted by Gasteiger charge is 2.09. The Labute approximate surface area is 104 Å². The summed E-state index contributed by atoms with van der Waals surface area (Å²) in [5.74, 6) is 0.300. The van der Waals surface area contributed by atoms with Gasteiger partial charge in [0.2, 0.25) is 0 Å². The summed E-state index contributed by atoms with van der Waals surface area (Å²) in [5.41, 5.74) is 7.52. The van der Waals surface area contributed by atoms with Crippen LogP contribution in [0, 0.1) is 12.7 Å². The molecule has 5 nitrogen and oxygen atoms in total. The number of nitrogens with zero attached hydrogens (tertiary/aromatic N) is 2. The van der Waals surface area contributed by atoms with Crippen molar-refractivity contribution in [3.63, 3.8) is 0 Å². The number of rotatable bonds is 5. The van der Waals surface area contributed by atoms with E-state index in [0.717, 1.165) is 5.56 Å². The molecule has 0 unspecified atom stereocenters. The molecule has 0 radical (unpaired) electrons. The lowest BCUT2D eigenvalue weighted by Gasteiger charge is -2.10. The summed E-state index contributed by atoms with van der Waals surface area (Å²) in [6.07, 6.45) is 0.559. The van der Waals surface area contributed by atoms with Crippen molar-refractivity contribution in [1.29, 1.82) is 0 Å². The molecule has 0 aliphatic rings. The van der Waals surface area contributed by atoms with Crippen LogP contribution in [0.5, 0.6) is 5.75 Å². The first kappa shape index (κ1) is 12.5. The molecule has 0 saturated carbocycles. The number of hydrogen-bond acceptors (Lipinski definition) is 5. The molecule has 2 N–H and O–H groups in total. The number of ether oxygens (including phenoxy) is 1. The van der Waals surface area contributed by atoms with Crippen molar-refractivity contribution in [3.8, 4) is 5.75 Å². The van der Waals surface area contributed by atoms with Gasteiger partial charge in [-0.25, -0.2) is 9.02 Å². The van der Waals surface area contributed by atoms with E-state index in [-0.39, 0.29) is 12.4 Å². The van der Waals surface area contributed by atoms with Gasteiger partial charge < -0.3 is 10.5 Å². The third-order valence-electron chi connectivity index (χ3n) is 2.55. The maximum Gasteiger partial charge on any atom is 0.145 e. The zero-order chi connectivity index (χ0) is 13.0. The zero-order valence-corrected chi connectivity index (χ0v) is 10.0. The van der Waals surface area contributed by atoms with Gasteiger partial charge in [-0.3, -0.25) is 0 Å². The second-order valence-corrected chi connectivity index (χ2v) is 3.88. The monoisotopic (exact) mass is 251 g/mol. The van der Waals surface area contributed by atoms with Crippen molar-refractivity contribution < 1.29 is 13.8 Å². The molecule has 18 heavy (non-hydrogen) atoms. The molecule has 0 aliphatic carbocycles. The SMILES string of the molecule is Cc1nonc1COc1ccc(F)cc1CCN. The van der Waals surface area contributed by atoms with Crippen LogP contribution >= 0.6 is 0 Å². The molecular weight excluding hydrogens is 237 g/mol. The van der Waals surface area contributed by atoms with E-state index >= 15 is 0 Å². The van der Waals surface area contributed by atoms with Crippen LogP contribution in [0.3, 0.4) is 0 Å². The van der Waals surface area contributed by atoms with Gasteiger partial charge in [-0.2, -0.15) is 0 Å². The summed E-state index contributed by atoms with van der Waals surface area (Å²) >= 11 is 0. The first-order valence-corrected chi connectivity index (χ1v) is 5.60. The molecule has 0 saturated heterocycles. The molecule has 2 aromatic rings. The molecule has 6 heteroatoms. The van der Waals surface area contributed by atoms with E-state index in [1.165, 1.54) is 12.1 Å². The third-order valence-corrected chi connectivity index (χ3v) is 2.55. The molecule has 96 valence electrons. The van der Waals surface area contributed by atoms with Crippen LogP contribution in [0.15, 0.2) is 22.8 Å². The number of nitrogens with two attached hydrogens (primary N) is 1. The summed E-state index contributed by atoms with van der Waals surface area (Å²) in [6.45, 7) is 2.45. The minimum atomic E-state index is -0.301. The fourth-order valence-electron chi connectivity index (χ4n) is 1.57. The van der Waals surface area contributed by atoms with Gasteiger partial charge in [-0.05, 0) is 43.7 Å². The van der Waals surface area contributed by atoms with Gasteiger partial charge >= 0.3 is 0 Å². The first-order chi connectivity index (χ1) is 8.70. The highest BCUT2D eigenvalue weighted by molar-refractivity contribution is 5.34. The summed E-state index contributed by atoms with van der Waals surface area (Å²) < 4.78 is 23.3. The molecule has 2 rings (SSSR count). The topological polar surface area (TPSA) is 74.2 Å². The largest absolute Gasteiger partial charge is 0.487 e. The Hall–Kier alpha value is -1.95. The van der Waals surface area contributed by atoms with E-state index in [1.54, 1.807) is 13.0 Å². The van der Waals surface area contributed by atoms with E-state index in [1.807, 2.05) is 0 Å². The van der Waals surface area contributed by atoms with E-state index < -0.39 is 0 Å². The third kappa shape index (κ3) is 2.84. The molecule has 0 bridgehead atoms. The quantitative estimate of drug-likeness (QED) is 0.873. The van der Waals surface area contributed by atoms with E-state index in [4.69, 9.17) is 10.5 Å². The lowest BCUT2D eigenvalue weighted by atomic mass is 10.1. The van der Waals surface area contributed by atoms with E-state index in [9.17, 15) is 4.39 Å². The molecule has 0 fully saturated rings. The fourth-order valence-corrected chi connectivity index (χ4v) is 1.57. The van der Waals surface area contributed by atoms with Gasteiger partial charge in [-0.15, -0.1) is 0 Å². The predicted molar refractivity (Wildman–Crippen MR) is 62.5 cm³/mol. The van der Waals surface area contributed by atoms with Crippen molar-refractivity contribution in [2.24, 2.45) is 5.73 Å². The zero-order valence-electron chi connectivity index (χ0n) is 10.0. The summed E-state index contributed by atoms with van der Waals surface area (Å²) in [5, 5.41) is 7.37. The average molecular weight is 251 g/mol. The summed E-state index contributed by atoms with van der Waals surface area (Å²) in [6, 6.07) is 4.36. The van der Waals surface area contributed by atoms with Crippen molar-refractivity contribution in [1.82, 2.24) is 10.3 Å². The standard InChI is InChI=1S/C12H14FN3O2/c1-8-11(16-18-15-8)7-17-12-3-2-10(13)6-9(12)4-5-14/h2-3,6H,4-5,7,14H2,1H3. The van der Waals surface area contributed by atoms with E-state index in [0.29, 0.717) is 30.1 Å². The van der Waals surface area contributed by atoms with Crippen LogP contribution in [-0.4, -0.2) is 16.9 Å². The maximum absolute atomic E-state index is 13.1. The average Bonchev–Trinajstić information content (AvgIpc) is 2.74. The van der Waals surface area contributed by atoms with Crippen molar-refractivity contribution in [3.05, 3.63) is 41.0 Å². The Bertz CT molecular complexity index is 528. The Kier molecular flexibility index (Phi) is 3.88. The second kappa shape index (κ2) is 5.59. The van der Waals surface area contributed by atoms with Crippen LogP contribution in [0.2, 0.25) is 0 Å². The van der Waals surface area contributed by atoms with Crippen LogP contribution in [-0.2, 0) is 13.0 Å². The van der Waals surface area contributed by atoms with Gasteiger partial charge in [0.25, 0.3) is 0 Å². The van der Waals surface area contributed by atoms with Gasteiger partial charge in [0.05, 0.1) is 0 Å². The Morgan fingerprint density at radius 3 is 2.89 bits per heavy atom. The first-order valence-electron chi connectivity index (χ1n) is 5.60. The maximum atomic E-state index is 13.1. The Balaban J connectivity index is 2.11. The highest BCUT2D eigenvalue weighted by Crippen LogP contribution is 2.21. The van der Waals surface area contributed by atoms with Gasteiger partial charge in [-0.1, -0.05) is 10.3 Å².